The van der Waals surface area contributed by atoms with Crippen molar-refractivity contribution < 1.29 is 19.1 Å². The summed E-state index contributed by atoms with van der Waals surface area (Å²) in [4.78, 5) is 37.8. The molecule has 0 fully saturated rings. The Kier molecular flexibility index (Phi) is 5.75. The summed E-state index contributed by atoms with van der Waals surface area (Å²) in [6.45, 7) is 5.22. The Hall–Kier alpha value is -2.47. The van der Waals surface area contributed by atoms with Crippen LogP contribution in [-0.2, 0) is 22.4 Å². The van der Waals surface area contributed by atoms with Gasteiger partial charge in [0.05, 0.1) is 0 Å². The summed E-state index contributed by atoms with van der Waals surface area (Å²) < 4.78 is 5.40. The van der Waals surface area contributed by atoms with Gasteiger partial charge in [-0.3, -0.25) is 9.59 Å². The number of nitrogens with one attached hydrogen (secondary N) is 1. The smallest absolute Gasteiger partial charge is 0.349 e. The minimum absolute atomic E-state index is 0.176. The number of anilines is 1. The van der Waals surface area contributed by atoms with E-state index in [0.29, 0.717) is 22.0 Å². The molecule has 0 saturated heterocycles. The summed E-state index contributed by atoms with van der Waals surface area (Å²) in [6.07, 6.45) is 2.27. The highest BCUT2D eigenvalue weighted by Crippen LogP contribution is 2.32. The van der Waals surface area contributed by atoms with E-state index in [0.717, 1.165) is 19.3 Å². The van der Waals surface area contributed by atoms with Crippen LogP contribution >= 0.6 is 11.3 Å². The minimum atomic E-state index is -0.873. The van der Waals surface area contributed by atoms with Crippen LogP contribution in [0.5, 0.6) is 0 Å². The lowest BCUT2D eigenvalue weighted by atomic mass is 9.90. The predicted molar refractivity (Wildman–Crippen MR) is 105 cm³/mol. The van der Waals surface area contributed by atoms with Crippen molar-refractivity contribution >= 4 is 34.7 Å². The van der Waals surface area contributed by atoms with Gasteiger partial charge in [-0.1, -0.05) is 6.92 Å². The van der Waals surface area contributed by atoms with Gasteiger partial charge in [-0.15, -0.1) is 11.3 Å². The lowest BCUT2D eigenvalue weighted by molar-refractivity contribution is -0.114. The number of rotatable bonds is 5. The highest BCUT2D eigenvalue weighted by Gasteiger charge is 2.24. The van der Waals surface area contributed by atoms with E-state index in [2.05, 4.69) is 12.2 Å². The fourth-order valence-corrected chi connectivity index (χ4v) is 4.33. The van der Waals surface area contributed by atoms with Gasteiger partial charge in [-0.25, -0.2) is 4.79 Å². The molecular weight excluding hydrogens is 362 g/mol. The molecule has 1 amide bonds. The highest BCUT2D eigenvalue weighted by molar-refractivity contribution is 7.14. The molecule has 0 unspecified atom stereocenters. The number of aryl methyl sites for hydroxylation is 1. The van der Waals surface area contributed by atoms with Crippen LogP contribution in [0.4, 0.5) is 5.69 Å². The van der Waals surface area contributed by atoms with Gasteiger partial charge in [0.15, 0.2) is 6.10 Å². The SMILES string of the molecule is CC(=O)Nc1ccc(C(=O)[C@H](C)OC(=O)c2cc3c(s2)CC[C@@H](C)C3)cc1. The third kappa shape index (κ3) is 4.63. The molecule has 0 aliphatic heterocycles. The molecule has 0 radical (unpaired) electrons. The number of thiophene rings is 1. The summed E-state index contributed by atoms with van der Waals surface area (Å²) in [5.41, 5.74) is 2.28. The highest BCUT2D eigenvalue weighted by atomic mass is 32.1. The molecule has 1 aromatic carbocycles. The van der Waals surface area contributed by atoms with Gasteiger partial charge in [0.25, 0.3) is 0 Å². The Balaban J connectivity index is 1.64. The average Bonchev–Trinajstić information content (AvgIpc) is 3.04. The number of carbonyl (C=O) groups is 3. The van der Waals surface area contributed by atoms with Crippen molar-refractivity contribution in [3.05, 3.63) is 51.2 Å². The van der Waals surface area contributed by atoms with E-state index >= 15 is 0 Å². The van der Waals surface area contributed by atoms with E-state index in [9.17, 15) is 14.4 Å². The Morgan fingerprint density at radius 3 is 2.59 bits per heavy atom. The number of hydrogen-bond donors (Lipinski definition) is 1. The molecule has 0 saturated carbocycles. The molecule has 3 rings (SSSR count). The standard InChI is InChI=1S/C21H23NO4S/c1-12-4-9-18-16(10-12)11-19(27-18)21(25)26-13(2)20(24)15-5-7-17(8-6-15)22-14(3)23/h5-8,11-13H,4,9-10H2,1-3H3,(H,22,23)/t12-,13+/m1/s1. The van der Waals surface area contributed by atoms with Crippen molar-refractivity contribution in [3.8, 4) is 0 Å². The van der Waals surface area contributed by atoms with Gasteiger partial charge < -0.3 is 10.1 Å². The lowest BCUT2D eigenvalue weighted by Gasteiger charge is -2.16. The molecule has 1 aliphatic rings. The summed E-state index contributed by atoms with van der Waals surface area (Å²) >= 11 is 1.48. The van der Waals surface area contributed by atoms with Crippen molar-refractivity contribution in [1.29, 1.82) is 0 Å². The van der Waals surface area contributed by atoms with Crippen molar-refractivity contribution in [1.82, 2.24) is 0 Å². The number of amides is 1. The molecule has 0 spiro atoms. The number of benzene rings is 1. The maximum absolute atomic E-state index is 12.5. The number of carbonyl (C=O) groups excluding carboxylic acids is 3. The molecule has 2 aromatic rings. The molecular formula is C21H23NO4S. The molecule has 1 N–H and O–H groups in total. The second kappa shape index (κ2) is 8.05. The summed E-state index contributed by atoms with van der Waals surface area (Å²) in [6, 6.07) is 8.44. The van der Waals surface area contributed by atoms with E-state index in [-0.39, 0.29) is 11.7 Å². The van der Waals surface area contributed by atoms with Gasteiger partial charge in [0.2, 0.25) is 11.7 Å². The normalized spacial score (nSPS) is 16.9. The number of fused-ring (bicyclic) bond motifs is 1. The Morgan fingerprint density at radius 2 is 1.93 bits per heavy atom. The quantitative estimate of drug-likeness (QED) is 0.617. The molecule has 1 aliphatic carbocycles. The van der Waals surface area contributed by atoms with Crippen LogP contribution in [0.2, 0.25) is 0 Å². The number of ether oxygens (including phenoxy) is 1. The van der Waals surface area contributed by atoms with Crippen LogP contribution in [0.1, 0.15) is 57.7 Å². The number of hydrogen-bond acceptors (Lipinski definition) is 5. The first-order chi connectivity index (χ1) is 12.8. The molecule has 2 atom stereocenters. The monoisotopic (exact) mass is 385 g/mol. The van der Waals surface area contributed by atoms with E-state index in [1.54, 1.807) is 31.2 Å². The molecule has 142 valence electrons. The number of ketones is 1. The third-order valence-electron chi connectivity index (χ3n) is 4.67. The summed E-state index contributed by atoms with van der Waals surface area (Å²) in [5.74, 6) is -0.258. The van der Waals surface area contributed by atoms with Crippen molar-refractivity contribution in [2.24, 2.45) is 5.92 Å². The van der Waals surface area contributed by atoms with Crippen molar-refractivity contribution in [2.75, 3.05) is 5.32 Å². The zero-order valence-corrected chi connectivity index (χ0v) is 16.5. The number of Topliss-reactive ketones (excluding diaryl/α,β-unsaturated/α-hetero) is 1. The van der Waals surface area contributed by atoms with Crippen LogP contribution in [0.15, 0.2) is 30.3 Å². The zero-order chi connectivity index (χ0) is 19.6. The second-order valence-corrected chi connectivity index (χ2v) is 8.21. The second-order valence-electron chi connectivity index (χ2n) is 7.08. The Morgan fingerprint density at radius 1 is 1.22 bits per heavy atom. The molecule has 1 heterocycles. The van der Waals surface area contributed by atoms with Gasteiger partial charge in [-0.05, 0) is 68.0 Å². The maximum atomic E-state index is 12.5. The van der Waals surface area contributed by atoms with E-state index in [1.165, 1.54) is 28.7 Å². The van der Waals surface area contributed by atoms with Gasteiger partial charge >= 0.3 is 5.97 Å². The summed E-state index contributed by atoms with van der Waals surface area (Å²) in [5, 5.41) is 2.65. The third-order valence-corrected chi connectivity index (χ3v) is 5.89. The van der Waals surface area contributed by atoms with Crippen molar-refractivity contribution in [3.63, 3.8) is 0 Å². The molecule has 1 aromatic heterocycles. The van der Waals surface area contributed by atoms with Crippen molar-refractivity contribution in [2.45, 2.75) is 46.1 Å². The maximum Gasteiger partial charge on any atom is 0.349 e. The van der Waals surface area contributed by atoms with Crippen LogP contribution < -0.4 is 5.32 Å². The van der Waals surface area contributed by atoms with E-state index in [1.807, 2.05) is 6.07 Å². The first kappa shape index (κ1) is 19.3. The van der Waals surface area contributed by atoms with Gasteiger partial charge in [0, 0.05) is 23.1 Å². The Bertz CT molecular complexity index is 869. The van der Waals surface area contributed by atoms with Crippen LogP contribution in [0.25, 0.3) is 0 Å². The molecule has 0 bridgehead atoms. The van der Waals surface area contributed by atoms with Crippen LogP contribution in [-0.4, -0.2) is 23.8 Å². The first-order valence-corrected chi connectivity index (χ1v) is 9.89. The predicted octanol–water partition coefficient (Wildman–Crippen LogP) is 4.26. The lowest BCUT2D eigenvalue weighted by Crippen LogP contribution is -2.24. The fraction of sp³-hybridized carbons (Fsp3) is 0.381. The van der Waals surface area contributed by atoms with Crippen LogP contribution in [0.3, 0.4) is 0 Å². The van der Waals surface area contributed by atoms with Crippen LogP contribution in [0, 0.1) is 5.92 Å². The summed E-state index contributed by atoms with van der Waals surface area (Å²) in [7, 11) is 0. The van der Waals surface area contributed by atoms with Gasteiger partial charge in [-0.2, -0.15) is 0 Å². The largest absolute Gasteiger partial charge is 0.450 e. The average molecular weight is 385 g/mol. The topological polar surface area (TPSA) is 72.5 Å². The fourth-order valence-electron chi connectivity index (χ4n) is 3.23. The van der Waals surface area contributed by atoms with E-state index in [4.69, 9.17) is 4.74 Å². The minimum Gasteiger partial charge on any atom is -0.450 e. The molecule has 6 heteroatoms. The zero-order valence-electron chi connectivity index (χ0n) is 15.7. The first-order valence-electron chi connectivity index (χ1n) is 9.08. The Labute approximate surface area is 162 Å². The number of esters is 1. The molecule has 5 nitrogen and oxygen atoms in total. The van der Waals surface area contributed by atoms with E-state index < -0.39 is 12.1 Å². The van der Waals surface area contributed by atoms with Gasteiger partial charge in [0.1, 0.15) is 4.88 Å². The molecule has 27 heavy (non-hydrogen) atoms.